The zero-order chi connectivity index (χ0) is 13.5. The van der Waals surface area contributed by atoms with Gasteiger partial charge in [0, 0.05) is 6.07 Å². The number of halogens is 2. The molecule has 5 nitrogen and oxygen atoms in total. The number of nitrogens with one attached hydrogen (secondary N) is 1. The van der Waals surface area contributed by atoms with Crippen LogP contribution in [0.15, 0.2) is 16.6 Å². The van der Waals surface area contributed by atoms with Gasteiger partial charge in [0.15, 0.2) is 0 Å². The molecule has 2 rings (SSSR count). The van der Waals surface area contributed by atoms with Gasteiger partial charge in [0.25, 0.3) is 0 Å². The second-order valence-electron chi connectivity index (χ2n) is 3.96. The molecule has 0 unspecified atom stereocenters. The SMILES string of the molecule is O=C(O)c1cc(Br)c(F)cc1NS(=O)(=O)C1CC1. The zero-order valence-electron chi connectivity index (χ0n) is 8.98. The maximum absolute atomic E-state index is 13.3. The third-order valence-electron chi connectivity index (χ3n) is 2.51. The van der Waals surface area contributed by atoms with Gasteiger partial charge in [-0.1, -0.05) is 0 Å². The van der Waals surface area contributed by atoms with Crippen LogP contribution in [0.4, 0.5) is 10.1 Å². The first-order valence-electron chi connectivity index (χ1n) is 5.05. The lowest BCUT2D eigenvalue weighted by Crippen LogP contribution is -2.19. The van der Waals surface area contributed by atoms with Crippen molar-refractivity contribution >= 4 is 37.6 Å². The summed E-state index contributed by atoms with van der Waals surface area (Å²) >= 11 is 2.85. The Labute approximate surface area is 111 Å². The van der Waals surface area contributed by atoms with Crippen LogP contribution in [-0.2, 0) is 10.0 Å². The van der Waals surface area contributed by atoms with Crippen LogP contribution in [-0.4, -0.2) is 24.7 Å². The summed E-state index contributed by atoms with van der Waals surface area (Å²) in [4.78, 5) is 11.0. The fourth-order valence-electron chi connectivity index (χ4n) is 1.42. The van der Waals surface area contributed by atoms with E-state index in [0.717, 1.165) is 12.1 Å². The van der Waals surface area contributed by atoms with Gasteiger partial charge in [-0.2, -0.15) is 0 Å². The summed E-state index contributed by atoms with van der Waals surface area (Å²) in [6.07, 6.45) is 1.08. The lowest BCUT2D eigenvalue weighted by atomic mass is 10.2. The van der Waals surface area contributed by atoms with E-state index in [9.17, 15) is 17.6 Å². The Kier molecular flexibility index (Phi) is 3.33. The van der Waals surface area contributed by atoms with E-state index in [2.05, 4.69) is 20.7 Å². The number of carboxylic acid groups (broad SMARTS) is 1. The summed E-state index contributed by atoms with van der Waals surface area (Å²) in [5.41, 5.74) is -0.553. The van der Waals surface area contributed by atoms with Gasteiger partial charge in [-0.15, -0.1) is 0 Å². The van der Waals surface area contributed by atoms with E-state index in [1.54, 1.807) is 0 Å². The minimum atomic E-state index is -3.62. The van der Waals surface area contributed by atoms with Crippen LogP contribution >= 0.6 is 15.9 Å². The average Bonchev–Trinajstić information content (AvgIpc) is 3.05. The van der Waals surface area contributed by atoms with Crippen molar-refractivity contribution in [2.24, 2.45) is 0 Å². The maximum atomic E-state index is 13.3. The van der Waals surface area contributed by atoms with E-state index < -0.39 is 27.1 Å². The first kappa shape index (κ1) is 13.3. The number of benzene rings is 1. The van der Waals surface area contributed by atoms with Crippen LogP contribution in [0.1, 0.15) is 23.2 Å². The monoisotopic (exact) mass is 337 g/mol. The predicted molar refractivity (Wildman–Crippen MR) is 66.6 cm³/mol. The van der Waals surface area contributed by atoms with Crippen molar-refractivity contribution < 1.29 is 22.7 Å². The highest BCUT2D eigenvalue weighted by Crippen LogP contribution is 2.32. The number of rotatable bonds is 4. The molecule has 0 amide bonds. The van der Waals surface area contributed by atoms with E-state index in [1.165, 1.54) is 0 Å². The Bertz CT molecular complexity index is 613. The second-order valence-corrected chi connectivity index (χ2v) is 6.78. The molecule has 1 aromatic rings. The molecule has 0 bridgehead atoms. The highest BCUT2D eigenvalue weighted by molar-refractivity contribution is 9.10. The number of hydrogen-bond acceptors (Lipinski definition) is 3. The van der Waals surface area contributed by atoms with Crippen LogP contribution in [0.25, 0.3) is 0 Å². The van der Waals surface area contributed by atoms with Crippen molar-refractivity contribution in [1.82, 2.24) is 0 Å². The van der Waals surface area contributed by atoms with Gasteiger partial charge in [-0.05, 0) is 34.8 Å². The number of hydrogen-bond donors (Lipinski definition) is 2. The third-order valence-corrected chi connectivity index (χ3v) is 4.97. The first-order chi connectivity index (χ1) is 8.31. The molecule has 0 atom stereocenters. The van der Waals surface area contributed by atoms with Crippen molar-refractivity contribution in [3.63, 3.8) is 0 Å². The Balaban J connectivity index is 2.43. The van der Waals surface area contributed by atoms with E-state index in [1.807, 2.05) is 0 Å². The Morgan fingerprint density at radius 3 is 2.56 bits per heavy atom. The minimum Gasteiger partial charge on any atom is -0.478 e. The van der Waals surface area contributed by atoms with Crippen LogP contribution in [0.3, 0.4) is 0 Å². The number of aromatic carboxylic acids is 1. The largest absolute Gasteiger partial charge is 0.478 e. The van der Waals surface area contributed by atoms with E-state index >= 15 is 0 Å². The van der Waals surface area contributed by atoms with Gasteiger partial charge >= 0.3 is 5.97 Å². The third kappa shape index (κ3) is 2.64. The fourth-order valence-corrected chi connectivity index (χ4v) is 3.17. The van der Waals surface area contributed by atoms with Crippen molar-refractivity contribution in [1.29, 1.82) is 0 Å². The molecule has 0 heterocycles. The van der Waals surface area contributed by atoms with Crippen molar-refractivity contribution in [2.75, 3.05) is 4.72 Å². The molecule has 1 aliphatic carbocycles. The highest BCUT2D eigenvalue weighted by atomic mass is 79.9. The summed E-state index contributed by atoms with van der Waals surface area (Å²) in [6.45, 7) is 0. The number of sulfonamides is 1. The van der Waals surface area contributed by atoms with Crippen molar-refractivity contribution in [3.05, 3.63) is 28.0 Å². The average molecular weight is 338 g/mol. The van der Waals surface area contributed by atoms with Crippen molar-refractivity contribution in [3.8, 4) is 0 Å². The topological polar surface area (TPSA) is 83.5 Å². The summed E-state index contributed by atoms with van der Waals surface area (Å²) < 4.78 is 38.8. The van der Waals surface area contributed by atoms with Crippen molar-refractivity contribution in [2.45, 2.75) is 18.1 Å². The van der Waals surface area contributed by atoms with Crippen LogP contribution in [0, 0.1) is 5.82 Å². The van der Waals surface area contributed by atoms with Gasteiger partial charge < -0.3 is 5.11 Å². The number of anilines is 1. The minimum absolute atomic E-state index is 0.0331. The zero-order valence-corrected chi connectivity index (χ0v) is 11.4. The van der Waals surface area contributed by atoms with E-state index in [-0.39, 0.29) is 15.7 Å². The van der Waals surface area contributed by atoms with E-state index in [0.29, 0.717) is 12.8 Å². The normalized spacial score (nSPS) is 15.4. The summed E-state index contributed by atoms with van der Waals surface area (Å²) in [7, 11) is -3.62. The predicted octanol–water partition coefficient (Wildman–Crippen LogP) is 2.19. The lowest BCUT2D eigenvalue weighted by molar-refractivity contribution is 0.0698. The molecule has 8 heteroatoms. The van der Waals surface area contributed by atoms with Gasteiger partial charge in [0.2, 0.25) is 10.0 Å². The second kappa shape index (κ2) is 4.51. The molecule has 0 spiro atoms. The van der Waals surface area contributed by atoms with Gasteiger partial charge in [-0.3, -0.25) is 4.72 Å². The molecule has 0 radical (unpaired) electrons. The van der Waals surface area contributed by atoms with Crippen LogP contribution in [0.2, 0.25) is 0 Å². The lowest BCUT2D eigenvalue weighted by Gasteiger charge is -2.10. The number of carboxylic acids is 1. The van der Waals surface area contributed by atoms with Crippen LogP contribution in [0.5, 0.6) is 0 Å². The Morgan fingerprint density at radius 1 is 1.44 bits per heavy atom. The maximum Gasteiger partial charge on any atom is 0.337 e. The standard InChI is InChI=1S/C10H9BrFNO4S/c11-7-3-6(10(14)15)9(4-8(7)12)13-18(16,17)5-1-2-5/h3-5,13H,1-2H2,(H,14,15). The molecule has 1 saturated carbocycles. The highest BCUT2D eigenvalue weighted by Gasteiger charge is 2.36. The molecule has 0 aromatic heterocycles. The molecule has 1 aliphatic rings. The quantitative estimate of drug-likeness (QED) is 0.882. The molecular weight excluding hydrogens is 329 g/mol. The summed E-state index contributed by atoms with van der Waals surface area (Å²) in [6, 6.07) is 1.88. The van der Waals surface area contributed by atoms with Crippen LogP contribution < -0.4 is 4.72 Å². The summed E-state index contributed by atoms with van der Waals surface area (Å²) in [5, 5.41) is 8.45. The molecule has 1 fully saturated rings. The molecular formula is C10H9BrFNO4S. The Hall–Kier alpha value is -1.15. The molecule has 2 N–H and O–H groups in total. The molecule has 1 aromatic carbocycles. The number of carbonyl (C=O) groups is 1. The van der Waals surface area contributed by atoms with Gasteiger partial charge in [0.1, 0.15) is 5.82 Å². The van der Waals surface area contributed by atoms with Gasteiger partial charge in [-0.25, -0.2) is 17.6 Å². The fraction of sp³-hybridized carbons (Fsp3) is 0.300. The van der Waals surface area contributed by atoms with E-state index in [4.69, 9.17) is 5.11 Å². The molecule has 18 heavy (non-hydrogen) atoms. The molecule has 0 saturated heterocycles. The molecule has 0 aliphatic heterocycles. The van der Waals surface area contributed by atoms with Gasteiger partial charge in [0.05, 0.1) is 21.0 Å². The smallest absolute Gasteiger partial charge is 0.337 e. The Morgan fingerprint density at radius 2 is 2.06 bits per heavy atom. The summed E-state index contributed by atoms with van der Waals surface area (Å²) in [5.74, 6) is -2.06. The molecule has 98 valence electrons. The first-order valence-corrected chi connectivity index (χ1v) is 7.39.